The molecule has 0 aliphatic heterocycles. The van der Waals surface area contributed by atoms with Gasteiger partial charge in [-0.3, -0.25) is 14.4 Å². The molecular formula is C20H20ClNO4. The Hall–Kier alpha value is -2.66. The third-order valence-electron chi connectivity index (χ3n) is 3.78. The molecule has 2 aromatic carbocycles. The summed E-state index contributed by atoms with van der Waals surface area (Å²) in [5, 5.41) is 3.16. The molecule has 0 atom stereocenters. The van der Waals surface area contributed by atoms with Gasteiger partial charge in [-0.25, -0.2) is 0 Å². The van der Waals surface area contributed by atoms with E-state index in [1.165, 1.54) is 0 Å². The number of Topliss-reactive ketones (excluding diaryl/α,β-unsaturated/α-hetero) is 1. The number of rotatable bonds is 7. The van der Waals surface area contributed by atoms with E-state index in [0.29, 0.717) is 16.1 Å². The normalized spacial score (nSPS) is 10.3. The first-order valence-corrected chi connectivity index (χ1v) is 8.54. The van der Waals surface area contributed by atoms with E-state index in [1.54, 1.807) is 30.3 Å². The molecule has 26 heavy (non-hydrogen) atoms. The monoisotopic (exact) mass is 373 g/mol. The van der Waals surface area contributed by atoms with Gasteiger partial charge in [0, 0.05) is 22.7 Å². The Morgan fingerprint density at radius 2 is 1.73 bits per heavy atom. The van der Waals surface area contributed by atoms with Crippen molar-refractivity contribution in [2.24, 2.45) is 0 Å². The van der Waals surface area contributed by atoms with Crippen molar-refractivity contribution in [2.75, 3.05) is 13.2 Å². The Bertz CT molecular complexity index is 815. The molecular weight excluding hydrogens is 354 g/mol. The van der Waals surface area contributed by atoms with Crippen LogP contribution in [0, 0.1) is 13.8 Å². The predicted octanol–water partition coefficient (Wildman–Crippen LogP) is 3.50. The van der Waals surface area contributed by atoms with E-state index in [-0.39, 0.29) is 31.3 Å². The maximum absolute atomic E-state index is 12.2. The fourth-order valence-corrected chi connectivity index (χ4v) is 2.44. The summed E-state index contributed by atoms with van der Waals surface area (Å²) in [5.74, 6) is -1.09. The average Bonchev–Trinajstić information content (AvgIpc) is 2.62. The minimum atomic E-state index is -0.542. The van der Waals surface area contributed by atoms with Gasteiger partial charge in [0.1, 0.15) is 0 Å². The van der Waals surface area contributed by atoms with Gasteiger partial charge in [0.2, 0.25) is 5.78 Å². The third kappa shape index (κ3) is 5.70. The molecule has 136 valence electrons. The predicted molar refractivity (Wildman–Crippen MR) is 99.6 cm³/mol. The summed E-state index contributed by atoms with van der Waals surface area (Å²) in [7, 11) is 0. The summed E-state index contributed by atoms with van der Waals surface area (Å²) in [6, 6.07) is 12.0. The van der Waals surface area contributed by atoms with E-state index in [9.17, 15) is 14.4 Å². The molecule has 0 saturated carbocycles. The first-order chi connectivity index (χ1) is 12.4. The first-order valence-electron chi connectivity index (χ1n) is 8.16. The number of ketones is 1. The lowest BCUT2D eigenvalue weighted by Gasteiger charge is -2.08. The molecule has 0 fully saturated rings. The first kappa shape index (κ1) is 19.7. The van der Waals surface area contributed by atoms with E-state index in [4.69, 9.17) is 16.3 Å². The Labute approximate surface area is 157 Å². The van der Waals surface area contributed by atoms with Gasteiger partial charge in [0.25, 0.3) is 5.91 Å². The van der Waals surface area contributed by atoms with Crippen molar-refractivity contribution >= 4 is 29.3 Å². The number of aryl methyl sites for hydroxylation is 2. The Morgan fingerprint density at radius 1 is 1.04 bits per heavy atom. The van der Waals surface area contributed by atoms with Gasteiger partial charge in [-0.15, -0.1) is 0 Å². The van der Waals surface area contributed by atoms with Gasteiger partial charge in [0.05, 0.1) is 6.42 Å². The van der Waals surface area contributed by atoms with Crippen molar-refractivity contribution in [1.29, 1.82) is 0 Å². The second kappa shape index (κ2) is 9.15. The molecule has 0 bridgehead atoms. The van der Waals surface area contributed by atoms with E-state index < -0.39 is 5.97 Å². The van der Waals surface area contributed by atoms with Gasteiger partial charge in [0.15, 0.2) is 6.61 Å². The highest BCUT2D eigenvalue weighted by molar-refractivity contribution is 6.30. The lowest BCUT2D eigenvalue weighted by molar-refractivity contribution is -0.142. The summed E-state index contributed by atoms with van der Waals surface area (Å²) < 4.78 is 5.00. The molecule has 0 unspecified atom stereocenters. The molecule has 1 N–H and O–H groups in total. The maximum atomic E-state index is 12.2. The number of carbonyl (C=O) groups excluding carboxylic acids is 3. The largest absolute Gasteiger partial charge is 0.457 e. The van der Waals surface area contributed by atoms with Gasteiger partial charge in [-0.1, -0.05) is 29.3 Å². The summed E-state index contributed by atoms with van der Waals surface area (Å²) in [6.45, 7) is 3.54. The molecule has 0 saturated heterocycles. The summed E-state index contributed by atoms with van der Waals surface area (Å²) >= 11 is 5.76. The smallest absolute Gasteiger partial charge is 0.308 e. The zero-order valence-electron chi connectivity index (χ0n) is 14.7. The quantitative estimate of drug-likeness (QED) is 0.595. The highest BCUT2D eigenvalue weighted by Gasteiger charge is 2.13. The van der Waals surface area contributed by atoms with Gasteiger partial charge >= 0.3 is 5.97 Å². The zero-order chi connectivity index (χ0) is 19.1. The van der Waals surface area contributed by atoms with E-state index in [2.05, 4.69) is 5.32 Å². The van der Waals surface area contributed by atoms with Crippen LogP contribution in [-0.2, 0) is 9.53 Å². The highest BCUT2D eigenvalue weighted by Crippen LogP contribution is 2.12. The Morgan fingerprint density at radius 3 is 2.42 bits per heavy atom. The number of hydrogen-bond acceptors (Lipinski definition) is 4. The van der Waals surface area contributed by atoms with Crippen LogP contribution in [0.2, 0.25) is 5.02 Å². The van der Waals surface area contributed by atoms with E-state index in [0.717, 1.165) is 11.1 Å². The highest BCUT2D eigenvalue weighted by atomic mass is 35.5. The number of nitrogens with one attached hydrogen (secondary N) is 1. The van der Waals surface area contributed by atoms with Crippen molar-refractivity contribution < 1.29 is 19.1 Å². The number of amides is 1. The van der Waals surface area contributed by atoms with Crippen LogP contribution in [0.3, 0.4) is 0 Å². The number of ether oxygens (including phenoxy) is 1. The molecule has 6 heteroatoms. The second-order valence-electron chi connectivity index (χ2n) is 5.92. The molecule has 1 amide bonds. The van der Waals surface area contributed by atoms with Crippen molar-refractivity contribution in [1.82, 2.24) is 5.32 Å². The van der Waals surface area contributed by atoms with Crippen LogP contribution >= 0.6 is 11.6 Å². The second-order valence-corrected chi connectivity index (χ2v) is 6.35. The van der Waals surface area contributed by atoms with Crippen LogP contribution in [0.5, 0.6) is 0 Å². The van der Waals surface area contributed by atoms with Crippen molar-refractivity contribution in [3.8, 4) is 0 Å². The van der Waals surface area contributed by atoms with E-state index in [1.807, 2.05) is 26.0 Å². The van der Waals surface area contributed by atoms with Crippen LogP contribution in [0.4, 0.5) is 0 Å². The van der Waals surface area contributed by atoms with Crippen LogP contribution in [0.1, 0.15) is 38.3 Å². The fraction of sp³-hybridized carbons (Fsp3) is 0.250. The number of esters is 1. The molecule has 0 aliphatic rings. The molecule has 2 aromatic rings. The third-order valence-corrected chi connectivity index (χ3v) is 4.03. The molecule has 0 aliphatic carbocycles. The van der Waals surface area contributed by atoms with Crippen molar-refractivity contribution in [3.63, 3.8) is 0 Å². The molecule has 5 nitrogen and oxygen atoms in total. The SMILES string of the molecule is Cc1ccc(C)c(C(=O)COC(=O)CCNC(=O)c2ccc(Cl)cc2)c1. The fourth-order valence-electron chi connectivity index (χ4n) is 2.31. The zero-order valence-corrected chi connectivity index (χ0v) is 15.4. The van der Waals surface area contributed by atoms with Crippen LogP contribution in [0.25, 0.3) is 0 Å². The number of carbonyl (C=O) groups is 3. The summed E-state index contributed by atoms with van der Waals surface area (Å²) in [4.78, 5) is 35.8. The molecule has 0 heterocycles. The Kier molecular flexibility index (Phi) is 6.92. The van der Waals surface area contributed by atoms with Gasteiger partial charge in [-0.2, -0.15) is 0 Å². The molecule has 2 rings (SSSR count). The topological polar surface area (TPSA) is 72.5 Å². The number of hydrogen-bond donors (Lipinski definition) is 1. The lowest BCUT2D eigenvalue weighted by atomic mass is 10.0. The summed E-state index contributed by atoms with van der Waals surface area (Å²) in [5.41, 5.74) is 2.81. The van der Waals surface area contributed by atoms with Gasteiger partial charge in [-0.05, 0) is 49.7 Å². The lowest BCUT2D eigenvalue weighted by Crippen LogP contribution is -2.27. The maximum Gasteiger partial charge on any atom is 0.308 e. The van der Waals surface area contributed by atoms with E-state index >= 15 is 0 Å². The average molecular weight is 374 g/mol. The number of benzene rings is 2. The van der Waals surface area contributed by atoms with Crippen molar-refractivity contribution in [2.45, 2.75) is 20.3 Å². The molecule has 0 radical (unpaired) electrons. The van der Waals surface area contributed by atoms with Crippen LogP contribution in [0.15, 0.2) is 42.5 Å². The van der Waals surface area contributed by atoms with Crippen LogP contribution < -0.4 is 5.32 Å². The minimum Gasteiger partial charge on any atom is -0.457 e. The number of halogens is 1. The molecule has 0 spiro atoms. The summed E-state index contributed by atoms with van der Waals surface area (Å²) in [6.07, 6.45) is -0.0145. The van der Waals surface area contributed by atoms with Gasteiger partial charge < -0.3 is 10.1 Å². The van der Waals surface area contributed by atoms with Crippen LogP contribution in [-0.4, -0.2) is 30.8 Å². The molecule has 0 aromatic heterocycles. The minimum absolute atomic E-state index is 0.0145. The standard InChI is InChI=1S/C20H20ClNO4/c1-13-3-4-14(2)17(11-13)18(23)12-26-19(24)9-10-22-20(25)15-5-7-16(21)8-6-15/h3-8,11H,9-10,12H2,1-2H3,(H,22,25). The van der Waals surface area contributed by atoms with Crippen molar-refractivity contribution in [3.05, 3.63) is 69.7 Å². The Balaban J connectivity index is 1.75.